The van der Waals surface area contributed by atoms with Crippen LogP contribution in [-0.2, 0) is 12.7 Å². The van der Waals surface area contributed by atoms with Crippen LogP contribution < -0.4 is 10.1 Å². The van der Waals surface area contributed by atoms with Crippen molar-refractivity contribution < 1.29 is 22.3 Å². The average Bonchev–Trinajstić information content (AvgIpc) is 3.13. The Balaban J connectivity index is 1.67. The van der Waals surface area contributed by atoms with Gasteiger partial charge in [-0.15, -0.1) is 0 Å². The highest BCUT2D eigenvalue weighted by Gasteiger charge is 2.38. The number of nitrogens with zero attached hydrogens (tertiary/aromatic N) is 4. The molecular formula is C20H15F4N5O. The summed E-state index contributed by atoms with van der Waals surface area (Å²) < 4.78 is 60.4. The predicted octanol–water partition coefficient (Wildman–Crippen LogP) is 4.59. The van der Waals surface area contributed by atoms with Gasteiger partial charge in [-0.1, -0.05) is 18.2 Å². The van der Waals surface area contributed by atoms with Crippen molar-refractivity contribution in [2.45, 2.75) is 12.7 Å². The fourth-order valence-electron chi connectivity index (χ4n) is 2.96. The average molecular weight is 417 g/mol. The van der Waals surface area contributed by atoms with Gasteiger partial charge >= 0.3 is 6.18 Å². The van der Waals surface area contributed by atoms with Crippen LogP contribution in [0.25, 0.3) is 16.9 Å². The molecule has 4 aromatic rings. The van der Waals surface area contributed by atoms with Crippen molar-refractivity contribution >= 4 is 16.9 Å². The number of imidazole rings is 1. The van der Waals surface area contributed by atoms with Gasteiger partial charge in [-0.25, -0.2) is 19.3 Å². The molecule has 0 radical (unpaired) electrons. The fourth-order valence-corrected chi connectivity index (χ4v) is 2.96. The van der Waals surface area contributed by atoms with Gasteiger partial charge in [0.2, 0.25) is 5.82 Å². The summed E-state index contributed by atoms with van der Waals surface area (Å²) in [6, 6.07) is 10.7. The second-order valence-corrected chi connectivity index (χ2v) is 6.33. The number of anilines is 1. The van der Waals surface area contributed by atoms with Crippen LogP contribution in [0.1, 0.15) is 11.4 Å². The molecule has 154 valence electrons. The summed E-state index contributed by atoms with van der Waals surface area (Å²) in [4.78, 5) is 11.9. The maximum atomic E-state index is 13.7. The van der Waals surface area contributed by atoms with E-state index < -0.39 is 12.0 Å². The van der Waals surface area contributed by atoms with Gasteiger partial charge in [0.25, 0.3) is 0 Å². The number of fused-ring (bicyclic) bond motifs is 1. The van der Waals surface area contributed by atoms with Gasteiger partial charge in [-0.2, -0.15) is 13.2 Å². The first-order valence-electron chi connectivity index (χ1n) is 8.80. The molecule has 0 aliphatic rings. The Morgan fingerprint density at radius 1 is 1.07 bits per heavy atom. The minimum atomic E-state index is -4.70. The number of rotatable bonds is 5. The lowest BCUT2D eigenvalue weighted by molar-refractivity contribution is -0.145. The third kappa shape index (κ3) is 3.76. The van der Waals surface area contributed by atoms with Crippen molar-refractivity contribution in [3.63, 3.8) is 0 Å². The summed E-state index contributed by atoms with van der Waals surface area (Å²) in [5.74, 6) is -0.857. The van der Waals surface area contributed by atoms with E-state index in [1.165, 1.54) is 37.7 Å². The van der Waals surface area contributed by atoms with Crippen molar-refractivity contribution in [3.05, 3.63) is 72.1 Å². The maximum Gasteiger partial charge on any atom is 0.450 e. The van der Waals surface area contributed by atoms with Crippen LogP contribution in [0.4, 0.5) is 23.4 Å². The SMILES string of the molecule is COc1ccc2c(c1)nc(C(F)(F)F)n2-c1cnc(NCc2ccccc2F)cn1. The van der Waals surface area contributed by atoms with E-state index in [2.05, 4.69) is 20.3 Å². The molecule has 0 spiro atoms. The monoisotopic (exact) mass is 417 g/mol. The van der Waals surface area contributed by atoms with Gasteiger partial charge < -0.3 is 10.1 Å². The van der Waals surface area contributed by atoms with E-state index in [1.54, 1.807) is 24.3 Å². The normalized spacial score (nSPS) is 11.6. The van der Waals surface area contributed by atoms with Crippen LogP contribution >= 0.6 is 0 Å². The van der Waals surface area contributed by atoms with Crippen LogP contribution in [0.3, 0.4) is 0 Å². The predicted molar refractivity (Wildman–Crippen MR) is 102 cm³/mol. The number of benzene rings is 2. The number of hydrogen-bond acceptors (Lipinski definition) is 5. The van der Waals surface area contributed by atoms with Gasteiger partial charge in [-0.3, -0.25) is 4.57 Å². The van der Waals surface area contributed by atoms with Crippen molar-refractivity contribution in [1.82, 2.24) is 19.5 Å². The highest BCUT2D eigenvalue weighted by Crippen LogP contribution is 2.34. The van der Waals surface area contributed by atoms with Crippen molar-refractivity contribution in [1.29, 1.82) is 0 Å². The summed E-state index contributed by atoms with van der Waals surface area (Å²) in [5.41, 5.74) is 0.756. The van der Waals surface area contributed by atoms with Crippen LogP contribution in [0, 0.1) is 5.82 Å². The van der Waals surface area contributed by atoms with Gasteiger partial charge in [0.1, 0.15) is 17.4 Å². The lowest BCUT2D eigenvalue weighted by Crippen LogP contribution is -2.15. The minimum absolute atomic E-state index is 0.0496. The van der Waals surface area contributed by atoms with Crippen LogP contribution in [0.5, 0.6) is 5.75 Å². The van der Waals surface area contributed by atoms with Gasteiger partial charge in [0.05, 0.1) is 30.5 Å². The standard InChI is InChI=1S/C20H15F4N5O/c1-30-13-6-7-16-15(8-13)28-19(20(22,23)24)29(16)18-11-26-17(10-27-18)25-9-12-4-2-3-5-14(12)21/h2-8,10-11H,9H2,1H3,(H,25,26). The molecule has 2 aromatic heterocycles. The summed E-state index contributed by atoms with van der Waals surface area (Å²) in [6.07, 6.45) is -2.22. The van der Waals surface area contributed by atoms with Gasteiger partial charge in [-0.05, 0) is 18.2 Å². The van der Waals surface area contributed by atoms with Crippen molar-refractivity contribution in [3.8, 4) is 11.6 Å². The van der Waals surface area contributed by atoms with E-state index in [0.29, 0.717) is 17.1 Å². The number of aromatic nitrogens is 4. The number of nitrogens with one attached hydrogen (secondary N) is 1. The zero-order valence-electron chi connectivity index (χ0n) is 15.6. The number of halogens is 4. The molecule has 0 bridgehead atoms. The first kappa shape index (κ1) is 19.6. The number of ether oxygens (including phenoxy) is 1. The van der Waals surface area contributed by atoms with Gasteiger partial charge in [0, 0.05) is 18.2 Å². The molecule has 0 fully saturated rings. The van der Waals surface area contributed by atoms with E-state index in [1.807, 2.05) is 0 Å². The molecular weight excluding hydrogens is 402 g/mol. The molecule has 2 heterocycles. The van der Waals surface area contributed by atoms with Gasteiger partial charge in [0.15, 0.2) is 5.82 Å². The summed E-state index contributed by atoms with van der Waals surface area (Å²) in [5, 5.41) is 2.89. The molecule has 0 atom stereocenters. The lowest BCUT2D eigenvalue weighted by Gasteiger charge is -2.11. The highest BCUT2D eigenvalue weighted by molar-refractivity contribution is 5.79. The smallest absolute Gasteiger partial charge is 0.450 e. The topological polar surface area (TPSA) is 64.9 Å². The van der Waals surface area contributed by atoms with Crippen LogP contribution in [0.2, 0.25) is 0 Å². The Kier molecular flexibility index (Phi) is 4.98. The zero-order chi connectivity index (χ0) is 21.3. The Morgan fingerprint density at radius 3 is 2.53 bits per heavy atom. The summed E-state index contributed by atoms with van der Waals surface area (Å²) in [6.45, 7) is 0.155. The second kappa shape index (κ2) is 7.62. The van der Waals surface area contributed by atoms with Crippen molar-refractivity contribution in [2.24, 2.45) is 0 Å². The minimum Gasteiger partial charge on any atom is -0.497 e. The van der Waals surface area contributed by atoms with E-state index in [0.717, 1.165) is 4.57 Å². The Labute approximate surface area is 168 Å². The molecule has 0 aliphatic carbocycles. The highest BCUT2D eigenvalue weighted by atomic mass is 19.4. The first-order chi connectivity index (χ1) is 14.4. The fraction of sp³-hybridized carbons (Fsp3) is 0.150. The molecule has 2 aromatic carbocycles. The van der Waals surface area contributed by atoms with E-state index >= 15 is 0 Å². The van der Waals surface area contributed by atoms with Crippen molar-refractivity contribution in [2.75, 3.05) is 12.4 Å². The quantitative estimate of drug-likeness (QED) is 0.481. The molecule has 0 saturated carbocycles. The molecule has 30 heavy (non-hydrogen) atoms. The molecule has 4 rings (SSSR count). The lowest BCUT2D eigenvalue weighted by atomic mass is 10.2. The van der Waals surface area contributed by atoms with E-state index in [-0.39, 0.29) is 29.2 Å². The Bertz CT molecular complexity index is 1190. The number of hydrogen-bond donors (Lipinski definition) is 1. The van der Waals surface area contributed by atoms with E-state index in [4.69, 9.17) is 4.74 Å². The summed E-state index contributed by atoms with van der Waals surface area (Å²) in [7, 11) is 1.42. The molecule has 1 N–H and O–H groups in total. The molecule has 0 amide bonds. The third-order valence-electron chi connectivity index (χ3n) is 4.40. The molecule has 6 nitrogen and oxygen atoms in total. The third-order valence-corrected chi connectivity index (χ3v) is 4.40. The number of alkyl halides is 3. The zero-order valence-corrected chi connectivity index (χ0v) is 15.6. The molecule has 0 saturated heterocycles. The second-order valence-electron chi connectivity index (χ2n) is 6.33. The molecule has 0 aliphatic heterocycles. The first-order valence-corrected chi connectivity index (χ1v) is 8.80. The Morgan fingerprint density at radius 2 is 1.87 bits per heavy atom. The number of methoxy groups -OCH3 is 1. The molecule has 0 unspecified atom stereocenters. The largest absolute Gasteiger partial charge is 0.497 e. The maximum absolute atomic E-state index is 13.7. The van der Waals surface area contributed by atoms with Crippen LogP contribution in [-0.4, -0.2) is 26.6 Å². The summed E-state index contributed by atoms with van der Waals surface area (Å²) >= 11 is 0. The molecule has 10 heteroatoms. The van der Waals surface area contributed by atoms with E-state index in [9.17, 15) is 17.6 Å². The van der Waals surface area contributed by atoms with Crippen LogP contribution in [0.15, 0.2) is 54.9 Å². The Hall–Kier alpha value is -3.69.